The molecule has 0 saturated carbocycles. The van der Waals surface area contributed by atoms with E-state index < -0.39 is 11.9 Å². The highest BCUT2D eigenvalue weighted by Gasteiger charge is 2.10. The van der Waals surface area contributed by atoms with Gasteiger partial charge in [0.1, 0.15) is 5.82 Å². The summed E-state index contributed by atoms with van der Waals surface area (Å²) in [5.74, 6) is -0.488. The van der Waals surface area contributed by atoms with Gasteiger partial charge >= 0.3 is 0 Å². The SMILES string of the molecule is NCCC(O)c1ccncc1F. The van der Waals surface area contributed by atoms with Gasteiger partial charge in [-0.1, -0.05) is 0 Å². The normalized spacial score (nSPS) is 12.9. The van der Waals surface area contributed by atoms with Crippen LogP contribution in [0.4, 0.5) is 4.39 Å². The van der Waals surface area contributed by atoms with Crippen molar-refractivity contribution in [3.8, 4) is 0 Å². The predicted octanol–water partition coefficient (Wildman–Crippen LogP) is 0.603. The zero-order chi connectivity index (χ0) is 8.97. The maximum Gasteiger partial charge on any atom is 0.147 e. The molecule has 1 rings (SSSR count). The van der Waals surface area contributed by atoms with E-state index in [0.29, 0.717) is 13.0 Å². The molecular weight excluding hydrogens is 159 g/mol. The summed E-state index contributed by atoms with van der Waals surface area (Å²) in [5.41, 5.74) is 5.48. The minimum absolute atomic E-state index is 0.260. The fourth-order valence-electron chi connectivity index (χ4n) is 0.970. The molecule has 1 atom stereocenters. The molecule has 0 aliphatic rings. The van der Waals surface area contributed by atoms with Crippen LogP contribution in [-0.4, -0.2) is 16.6 Å². The van der Waals surface area contributed by atoms with Gasteiger partial charge in [0.2, 0.25) is 0 Å². The van der Waals surface area contributed by atoms with E-state index in [9.17, 15) is 9.50 Å². The summed E-state index contributed by atoms with van der Waals surface area (Å²) in [6.45, 7) is 0.336. The van der Waals surface area contributed by atoms with Crippen molar-refractivity contribution in [3.05, 3.63) is 29.8 Å². The molecule has 12 heavy (non-hydrogen) atoms. The molecule has 1 heterocycles. The molecule has 3 nitrogen and oxygen atoms in total. The van der Waals surface area contributed by atoms with Gasteiger partial charge < -0.3 is 10.8 Å². The summed E-state index contributed by atoms with van der Waals surface area (Å²) < 4.78 is 12.9. The topological polar surface area (TPSA) is 59.1 Å². The molecule has 4 heteroatoms. The van der Waals surface area contributed by atoms with Gasteiger partial charge in [0.25, 0.3) is 0 Å². The summed E-state index contributed by atoms with van der Waals surface area (Å²) >= 11 is 0. The van der Waals surface area contributed by atoms with Gasteiger partial charge in [-0.2, -0.15) is 0 Å². The van der Waals surface area contributed by atoms with Gasteiger partial charge in [-0.25, -0.2) is 4.39 Å². The summed E-state index contributed by atoms with van der Waals surface area (Å²) in [6.07, 6.45) is 2.06. The number of pyridine rings is 1. The van der Waals surface area contributed by atoms with Crippen LogP contribution in [-0.2, 0) is 0 Å². The Labute approximate surface area is 70.0 Å². The van der Waals surface area contributed by atoms with E-state index in [0.717, 1.165) is 6.20 Å². The van der Waals surface area contributed by atoms with Crippen LogP contribution in [0.15, 0.2) is 18.5 Å². The van der Waals surface area contributed by atoms with E-state index in [2.05, 4.69) is 4.98 Å². The minimum atomic E-state index is -0.821. The molecule has 66 valence electrons. The fraction of sp³-hybridized carbons (Fsp3) is 0.375. The second-order valence-electron chi connectivity index (χ2n) is 2.49. The Balaban J connectivity index is 2.79. The van der Waals surface area contributed by atoms with Crippen LogP contribution in [0.3, 0.4) is 0 Å². The standard InChI is InChI=1S/C8H11FN2O/c9-7-5-11-4-2-6(7)8(12)1-3-10/h2,4-5,8,12H,1,3,10H2. The molecule has 1 unspecified atom stereocenters. The van der Waals surface area contributed by atoms with E-state index in [4.69, 9.17) is 5.73 Å². The molecule has 0 saturated heterocycles. The van der Waals surface area contributed by atoms with Crippen molar-refractivity contribution in [3.63, 3.8) is 0 Å². The number of rotatable bonds is 3. The summed E-state index contributed by atoms with van der Waals surface area (Å²) in [4.78, 5) is 3.57. The maximum absolute atomic E-state index is 12.9. The maximum atomic E-state index is 12.9. The molecule has 0 fully saturated rings. The van der Waals surface area contributed by atoms with Crippen LogP contribution < -0.4 is 5.73 Å². The monoisotopic (exact) mass is 170 g/mol. The molecule has 0 spiro atoms. The molecule has 0 aliphatic heterocycles. The summed E-state index contributed by atoms with van der Waals surface area (Å²) in [5, 5.41) is 9.35. The second kappa shape index (κ2) is 4.13. The third-order valence-electron chi connectivity index (χ3n) is 1.60. The van der Waals surface area contributed by atoms with Crippen LogP contribution in [0.1, 0.15) is 18.1 Å². The molecule has 0 aliphatic carbocycles. The summed E-state index contributed by atoms with van der Waals surface area (Å²) in [7, 11) is 0. The third kappa shape index (κ3) is 1.99. The Hall–Kier alpha value is -1.00. The molecular formula is C8H11FN2O. The lowest BCUT2D eigenvalue weighted by atomic mass is 10.1. The number of aliphatic hydroxyl groups excluding tert-OH is 1. The fourth-order valence-corrected chi connectivity index (χ4v) is 0.970. The van der Waals surface area contributed by atoms with Crippen LogP contribution in [0, 0.1) is 5.82 Å². The van der Waals surface area contributed by atoms with Crippen molar-refractivity contribution in [1.29, 1.82) is 0 Å². The van der Waals surface area contributed by atoms with E-state index in [-0.39, 0.29) is 5.56 Å². The number of halogens is 1. The molecule has 0 amide bonds. The quantitative estimate of drug-likeness (QED) is 0.698. The second-order valence-corrected chi connectivity index (χ2v) is 2.49. The highest BCUT2D eigenvalue weighted by Crippen LogP contribution is 2.17. The lowest BCUT2D eigenvalue weighted by Crippen LogP contribution is -2.08. The molecule has 1 aromatic heterocycles. The zero-order valence-electron chi connectivity index (χ0n) is 6.57. The number of aliphatic hydroxyl groups is 1. The van der Waals surface area contributed by atoms with Crippen molar-refractivity contribution in [2.45, 2.75) is 12.5 Å². The summed E-state index contributed by atoms with van der Waals surface area (Å²) in [6, 6.07) is 1.45. The number of nitrogens with zero attached hydrogens (tertiary/aromatic N) is 1. The van der Waals surface area contributed by atoms with E-state index in [1.807, 2.05) is 0 Å². The highest BCUT2D eigenvalue weighted by molar-refractivity contribution is 5.15. The average molecular weight is 170 g/mol. The van der Waals surface area contributed by atoms with Gasteiger partial charge in [-0.15, -0.1) is 0 Å². The van der Waals surface area contributed by atoms with Gasteiger partial charge in [0.05, 0.1) is 12.3 Å². The van der Waals surface area contributed by atoms with Gasteiger partial charge in [-0.3, -0.25) is 4.98 Å². The smallest absolute Gasteiger partial charge is 0.147 e. The van der Waals surface area contributed by atoms with Crippen LogP contribution in [0.2, 0.25) is 0 Å². The van der Waals surface area contributed by atoms with Gasteiger partial charge in [0, 0.05) is 11.8 Å². The Morgan fingerprint density at radius 1 is 1.67 bits per heavy atom. The minimum Gasteiger partial charge on any atom is -0.388 e. The van der Waals surface area contributed by atoms with E-state index in [1.54, 1.807) is 0 Å². The van der Waals surface area contributed by atoms with Crippen LogP contribution in [0.25, 0.3) is 0 Å². The first-order valence-corrected chi connectivity index (χ1v) is 3.73. The van der Waals surface area contributed by atoms with Crippen molar-refractivity contribution in [2.24, 2.45) is 5.73 Å². The van der Waals surface area contributed by atoms with Gasteiger partial charge in [0.15, 0.2) is 0 Å². The third-order valence-corrected chi connectivity index (χ3v) is 1.60. The number of aromatic nitrogens is 1. The molecule has 0 radical (unpaired) electrons. The molecule has 1 aromatic rings. The first-order valence-electron chi connectivity index (χ1n) is 3.73. The van der Waals surface area contributed by atoms with Gasteiger partial charge in [-0.05, 0) is 19.0 Å². The lowest BCUT2D eigenvalue weighted by Gasteiger charge is -2.09. The van der Waals surface area contributed by atoms with Crippen LogP contribution >= 0.6 is 0 Å². The van der Waals surface area contributed by atoms with E-state index >= 15 is 0 Å². The highest BCUT2D eigenvalue weighted by atomic mass is 19.1. The number of hydrogen-bond acceptors (Lipinski definition) is 3. The average Bonchev–Trinajstić information content (AvgIpc) is 2.05. The first kappa shape index (κ1) is 9.09. The molecule has 0 aromatic carbocycles. The largest absolute Gasteiger partial charge is 0.388 e. The van der Waals surface area contributed by atoms with Crippen molar-refractivity contribution >= 4 is 0 Å². The number of nitrogens with two attached hydrogens (primary N) is 1. The first-order chi connectivity index (χ1) is 5.75. The van der Waals surface area contributed by atoms with Crippen molar-refractivity contribution < 1.29 is 9.50 Å². The Morgan fingerprint density at radius 2 is 2.42 bits per heavy atom. The van der Waals surface area contributed by atoms with Crippen molar-refractivity contribution in [2.75, 3.05) is 6.54 Å². The molecule has 3 N–H and O–H groups in total. The lowest BCUT2D eigenvalue weighted by molar-refractivity contribution is 0.165. The molecule has 0 bridgehead atoms. The zero-order valence-corrected chi connectivity index (χ0v) is 6.57. The van der Waals surface area contributed by atoms with Crippen LogP contribution in [0.5, 0.6) is 0 Å². The Bertz CT molecular complexity index is 255. The van der Waals surface area contributed by atoms with E-state index in [1.165, 1.54) is 12.3 Å². The number of hydrogen-bond donors (Lipinski definition) is 2. The Morgan fingerprint density at radius 3 is 3.00 bits per heavy atom. The predicted molar refractivity (Wildman–Crippen MR) is 42.8 cm³/mol. The van der Waals surface area contributed by atoms with Crippen molar-refractivity contribution in [1.82, 2.24) is 4.98 Å². The Kier molecular flexibility index (Phi) is 3.13.